The van der Waals surface area contributed by atoms with Crippen molar-refractivity contribution in [2.24, 2.45) is 23.7 Å². The third kappa shape index (κ3) is 3.74. The standard InChI is InChI=1S/C17H24INO/c1-11(2)13-9-8-12(3)10-14(13)17(20)19-16-7-5-4-6-15(16)18/h4-7,11-14H,8-10H2,1-3H3,(H,19,20)/t12-,13+,14-/m1/s1. The minimum atomic E-state index is 0.162. The summed E-state index contributed by atoms with van der Waals surface area (Å²) in [5.41, 5.74) is 0.943. The highest BCUT2D eigenvalue weighted by molar-refractivity contribution is 14.1. The minimum absolute atomic E-state index is 0.162. The molecule has 1 aliphatic carbocycles. The molecule has 0 saturated heterocycles. The second-order valence-electron chi connectivity index (χ2n) is 6.40. The lowest BCUT2D eigenvalue weighted by Gasteiger charge is -2.36. The van der Waals surface area contributed by atoms with Crippen LogP contribution in [-0.4, -0.2) is 5.91 Å². The molecule has 1 saturated carbocycles. The van der Waals surface area contributed by atoms with Gasteiger partial charge in [0.15, 0.2) is 0 Å². The number of hydrogen-bond acceptors (Lipinski definition) is 1. The third-order valence-electron chi connectivity index (χ3n) is 4.49. The molecule has 0 aromatic heterocycles. The van der Waals surface area contributed by atoms with E-state index in [1.165, 1.54) is 12.8 Å². The van der Waals surface area contributed by atoms with Gasteiger partial charge in [-0.05, 0) is 65.3 Å². The Labute approximate surface area is 135 Å². The zero-order valence-corrected chi connectivity index (χ0v) is 14.7. The van der Waals surface area contributed by atoms with Crippen molar-refractivity contribution in [2.45, 2.75) is 40.0 Å². The molecule has 0 heterocycles. The summed E-state index contributed by atoms with van der Waals surface area (Å²) in [5.74, 6) is 2.13. The largest absolute Gasteiger partial charge is 0.325 e. The van der Waals surface area contributed by atoms with Crippen molar-refractivity contribution in [3.8, 4) is 0 Å². The lowest BCUT2D eigenvalue weighted by molar-refractivity contribution is -0.124. The number of nitrogens with one attached hydrogen (secondary N) is 1. The Morgan fingerprint density at radius 3 is 2.65 bits per heavy atom. The van der Waals surface area contributed by atoms with Gasteiger partial charge in [0.25, 0.3) is 0 Å². The molecular weight excluding hydrogens is 361 g/mol. The van der Waals surface area contributed by atoms with E-state index in [-0.39, 0.29) is 11.8 Å². The number of carbonyl (C=O) groups excluding carboxylic acids is 1. The molecule has 110 valence electrons. The first-order chi connectivity index (χ1) is 9.49. The maximum absolute atomic E-state index is 12.7. The van der Waals surface area contributed by atoms with E-state index >= 15 is 0 Å². The number of rotatable bonds is 3. The number of carbonyl (C=O) groups is 1. The summed E-state index contributed by atoms with van der Waals surface area (Å²) in [6.45, 7) is 6.75. The molecule has 3 atom stereocenters. The summed E-state index contributed by atoms with van der Waals surface area (Å²) in [6, 6.07) is 7.98. The van der Waals surface area contributed by atoms with Crippen molar-refractivity contribution in [1.29, 1.82) is 0 Å². The van der Waals surface area contributed by atoms with Crippen molar-refractivity contribution in [3.05, 3.63) is 27.8 Å². The summed E-state index contributed by atoms with van der Waals surface area (Å²) in [5, 5.41) is 3.14. The van der Waals surface area contributed by atoms with Crippen LogP contribution in [0.3, 0.4) is 0 Å². The molecule has 1 N–H and O–H groups in total. The van der Waals surface area contributed by atoms with Crippen LogP contribution in [0.25, 0.3) is 0 Å². The van der Waals surface area contributed by atoms with E-state index in [9.17, 15) is 4.79 Å². The smallest absolute Gasteiger partial charge is 0.227 e. The van der Waals surface area contributed by atoms with E-state index < -0.39 is 0 Å². The molecule has 3 heteroatoms. The van der Waals surface area contributed by atoms with Crippen LogP contribution in [0.1, 0.15) is 40.0 Å². The van der Waals surface area contributed by atoms with Crippen LogP contribution >= 0.6 is 22.6 Å². The summed E-state index contributed by atoms with van der Waals surface area (Å²) in [7, 11) is 0. The Morgan fingerprint density at radius 1 is 1.30 bits per heavy atom. The molecule has 2 nitrogen and oxygen atoms in total. The first-order valence-corrected chi connectivity index (χ1v) is 8.62. The molecule has 2 rings (SSSR count). The van der Waals surface area contributed by atoms with Gasteiger partial charge >= 0.3 is 0 Å². The Kier molecular flexibility index (Phi) is 5.47. The van der Waals surface area contributed by atoms with Crippen LogP contribution < -0.4 is 5.32 Å². The van der Waals surface area contributed by atoms with Crippen LogP contribution in [0.4, 0.5) is 5.69 Å². The summed E-state index contributed by atoms with van der Waals surface area (Å²) in [6.07, 6.45) is 3.47. The zero-order chi connectivity index (χ0) is 14.7. The highest BCUT2D eigenvalue weighted by Gasteiger charge is 2.35. The molecule has 1 aliphatic rings. The highest BCUT2D eigenvalue weighted by atomic mass is 127. The van der Waals surface area contributed by atoms with Gasteiger partial charge in [0.1, 0.15) is 0 Å². The SMILES string of the molecule is CC(C)[C@@H]1CC[C@@H](C)C[C@H]1C(=O)Nc1ccccc1I. The van der Waals surface area contributed by atoms with E-state index in [0.717, 1.165) is 15.7 Å². The maximum atomic E-state index is 12.7. The topological polar surface area (TPSA) is 29.1 Å². The number of hydrogen-bond donors (Lipinski definition) is 1. The van der Waals surface area contributed by atoms with Crippen molar-refractivity contribution >= 4 is 34.2 Å². The molecule has 0 aliphatic heterocycles. The quantitative estimate of drug-likeness (QED) is 0.734. The molecule has 0 bridgehead atoms. The number of benzene rings is 1. The van der Waals surface area contributed by atoms with Crippen molar-refractivity contribution in [1.82, 2.24) is 0 Å². The predicted molar refractivity (Wildman–Crippen MR) is 92.6 cm³/mol. The number of halogens is 1. The van der Waals surface area contributed by atoms with Crippen molar-refractivity contribution in [3.63, 3.8) is 0 Å². The van der Waals surface area contributed by atoms with Gasteiger partial charge in [0, 0.05) is 9.49 Å². The monoisotopic (exact) mass is 385 g/mol. The molecule has 0 unspecified atom stereocenters. The number of amides is 1. The van der Waals surface area contributed by atoms with E-state index in [4.69, 9.17) is 0 Å². The fourth-order valence-corrected chi connectivity index (χ4v) is 3.81. The molecule has 1 fully saturated rings. The zero-order valence-electron chi connectivity index (χ0n) is 12.5. The van der Waals surface area contributed by atoms with E-state index in [1.807, 2.05) is 24.3 Å². The van der Waals surface area contributed by atoms with Gasteiger partial charge < -0.3 is 5.32 Å². The molecule has 1 aromatic carbocycles. The average Bonchev–Trinajstić information content (AvgIpc) is 2.40. The van der Waals surface area contributed by atoms with E-state index in [1.54, 1.807) is 0 Å². The molecule has 1 aromatic rings. The lowest BCUT2D eigenvalue weighted by Crippen LogP contribution is -2.36. The first-order valence-electron chi connectivity index (χ1n) is 7.54. The van der Waals surface area contributed by atoms with Crippen molar-refractivity contribution in [2.75, 3.05) is 5.32 Å². The Hall–Kier alpha value is -0.580. The summed E-state index contributed by atoms with van der Waals surface area (Å²) in [4.78, 5) is 12.7. The molecule has 1 amide bonds. The van der Waals surface area contributed by atoms with Gasteiger partial charge in [-0.1, -0.05) is 39.3 Å². The average molecular weight is 385 g/mol. The lowest BCUT2D eigenvalue weighted by atomic mass is 9.70. The normalized spacial score (nSPS) is 26.6. The van der Waals surface area contributed by atoms with Gasteiger partial charge in [-0.3, -0.25) is 4.79 Å². The van der Waals surface area contributed by atoms with Crippen LogP contribution in [0.15, 0.2) is 24.3 Å². The van der Waals surface area contributed by atoms with E-state index in [2.05, 4.69) is 48.7 Å². The van der Waals surface area contributed by atoms with Gasteiger partial charge in [-0.15, -0.1) is 0 Å². The summed E-state index contributed by atoms with van der Waals surface area (Å²) >= 11 is 2.27. The van der Waals surface area contributed by atoms with Crippen molar-refractivity contribution < 1.29 is 4.79 Å². The highest BCUT2D eigenvalue weighted by Crippen LogP contribution is 2.38. The van der Waals surface area contributed by atoms with Crippen LogP contribution in [0, 0.1) is 27.2 Å². The van der Waals surface area contributed by atoms with Gasteiger partial charge in [-0.2, -0.15) is 0 Å². The fraction of sp³-hybridized carbons (Fsp3) is 0.588. The van der Waals surface area contributed by atoms with Crippen LogP contribution in [-0.2, 0) is 4.79 Å². The minimum Gasteiger partial charge on any atom is -0.325 e. The van der Waals surface area contributed by atoms with Gasteiger partial charge in [0.2, 0.25) is 5.91 Å². The molecule has 0 radical (unpaired) electrons. The Morgan fingerprint density at radius 2 is 2.00 bits per heavy atom. The Bertz CT molecular complexity index is 472. The fourth-order valence-electron chi connectivity index (χ4n) is 3.29. The number of anilines is 1. The maximum Gasteiger partial charge on any atom is 0.227 e. The van der Waals surface area contributed by atoms with Crippen LogP contribution in [0.5, 0.6) is 0 Å². The first kappa shape index (κ1) is 15.8. The van der Waals surface area contributed by atoms with Gasteiger partial charge in [0.05, 0.1) is 5.69 Å². The van der Waals surface area contributed by atoms with Crippen LogP contribution in [0.2, 0.25) is 0 Å². The second kappa shape index (κ2) is 6.92. The molecule has 0 spiro atoms. The van der Waals surface area contributed by atoms with Gasteiger partial charge in [-0.25, -0.2) is 0 Å². The second-order valence-corrected chi connectivity index (χ2v) is 7.56. The molecular formula is C17H24INO. The third-order valence-corrected chi connectivity index (χ3v) is 5.43. The predicted octanol–water partition coefficient (Wildman–Crippen LogP) is 4.94. The Balaban J connectivity index is 2.11. The summed E-state index contributed by atoms with van der Waals surface area (Å²) < 4.78 is 1.10. The van der Waals surface area contributed by atoms with E-state index in [0.29, 0.717) is 17.8 Å². The number of para-hydroxylation sites is 1. The molecule has 20 heavy (non-hydrogen) atoms.